The lowest BCUT2D eigenvalue weighted by Gasteiger charge is -2.21. The van der Waals surface area contributed by atoms with Gasteiger partial charge in [0, 0.05) is 12.5 Å². The minimum Gasteiger partial charge on any atom is -0.484 e. The highest BCUT2D eigenvalue weighted by Gasteiger charge is 2.36. The maximum Gasteiger partial charge on any atom is 0.388 e. The third-order valence-corrected chi connectivity index (χ3v) is 4.72. The zero-order valence-corrected chi connectivity index (χ0v) is 12.5. The van der Waals surface area contributed by atoms with Crippen LogP contribution in [0.4, 0.5) is 5.82 Å². The summed E-state index contributed by atoms with van der Waals surface area (Å²) in [5.41, 5.74) is 0.618. The Morgan fingerprint density at radius 2 is 2.24 bits per heavy atom. The predicted molar refractivity (Wildman–Crippen MR) is 77.5 cm³/mol. The highest BCUT2D eigenvalue weighted by Crippen LogP contribution is 2.40. The van der Waals surface area contributed by atoms with Crippen LogP contribution >= 0.6 is 0 Å². The molecule has 1 aromatic heterocycles. The van der Waals surface area contributed by atoms with Crippen LogP contribution < -0.4 is 10.1 Å². The summed E-state index contributed by atoms with van der Waals surface area (Å²) in [6.45, 7) is 6.36. The summed E-state index contributed by atoms with van der Waals surface area (Å²) in [4.78, 5) is 11.1. The first kappa shape index (κ1) is 14.3. The summed E-state index contributed by atoms with van der Waals surface area (Å²) in [5, 5.41) is 19.1. The molecule has 0 aromatic carbocycles. The zero-order valence-electron chi connectivity index (χ0n) is 12.5. The number of ether oxygens (including phenoxy) is 1. The Morgan fingerprint density at radius 3 is 2.76 bits per heavy atom. The number of nitrogens with one attached hydrogen (secondary N) is 1. The molecule has 116 valence electrons. The quantitative estimate of drug-likeness (QED) is 0.664. The second-order valence-corrected chi connectivity index (χ2v) is 6.23. The number of rotatable bonds is 5. The maximum absolute atomic E-state index is 11.4. The minimum atomic E-state index is -0.357. The SMILES string of the molecule is Cc1nn(C2CCC2)c([N+](=O)[O-])c1OCC1CNC[C@H]1C. The molecular formula is C14H22N4O3. The van der Waals surface area contributed by atoms with E-state index < -0.39 is 0 Å². The Labute approximate surface area is 123 Å². The van der Waals surface area contributed by atoms with Crippen molar-refractivity contribution in [1.29, 1.82) is 0 Å². The lowest BCUT2D eigenvalue weighted by atomic mass is 9.93. The van der Waals surface area contributed by atoms with Gasteiger partial charge in [-0.1, -0.05) is 12.0 Å². The second kappa shape index (κ2) is 5.63. The molecule has 1 aliphatic heterocycles. The van der Waals surface area contributed by atoms with E-state index in [4.69, 9.17) is 4.74 Å². The van der Waals surface area contributed by atoms with E-state index in [-0.39, 0.29) is 16.8 Å². The first-order chi connectivity index (χ1) is 10.1. The van der Waals surface area contributed by atoms with Crippen molar-refractivity contribution in [3.05, 3.63) is 15.8 Å². The second-order valence-electron chi connectivity index (χ2n) is 6.23. The fourth-order valence-electron chi connectivity index (χ4n) is 3.02. The Balaban J connectivity index is 1.79. The number of aromatic nitrogens is 2. The van der Waals surface area contributed by atoms with Crippen LogP contribution in [0.25, 0.3) is 0 Å². The molecule has 0 radical (unpaired) electrons. The van der Waals surface area contributed by atoms with Crippen LogP contribution in [0.15, 0.2) is 0 Å². The molecule has 1 aromatic rings. The van der Waals surface area contributed by atoms with Crippen LogP contribution in [0.2, 0.25) is 0 Å². The third kappa shape index (κ3) is 2.62. The van der Waals surface area contributed by atoms with E-state index in [1.54, 1.807) is 11.6 Å². The number of aryl methyl sites for hydroxylation is 1. The van der Waals surface area contributed by atoms with Crippen molar-refractivity contribution in [2.24, 2.45) is 11.8 Å². The van der Waals surface area contributed by atoms with Crippen molar-refractivity contribution in [3.8, 4) is 5.75 Å². The van der Waals surface area contributed by atoms with E-state index in [1.165, 1.54) is 0 Å². The van der Waals surface area contributed by atoms with Gasteiger partial charge in [-0.2, -0.15) is 0 Å². The average Bonchev–Trinajstić information content (AvgIpc) is 2.89. The summed E-state index contributed by atoms with van der Waals surface area (Å²) in [6, 6.07) is 0.161. The molecule has 21 heavy (non-hydrogen) atoms. The molecule has 1 aliphatic carbocycles. The molecule has 2 fully saturated rings. The highest BCUT2D eigenvalue weighted by atomic mass is 16.6. The molecule has 7 heteroatoms. The molecule has 2 heterocycles. The fraction of sp³-hybridized carbons (Fsp3) is 0.786. The molecule has 1 N–H and O–H groups in total. The summed E-state index contributed by atoms with van der Waals surface area (Å²) in [6.07, 6.45) is 3.04. The zero-order chi connectivity index (χ0) is 15.0. The smallest absolute Gasteiger partial charge is 0.388 e. The van der Waals surface area contributed by atoms with Gasteiger partial charge in [-0.25, -0.2) is 0 Å². The lowest BCUT2D eigenvalue weighted by Crippen LogP contribution is -2.21. The van der Waals surface area contributed by atoms with Gasteiger partial charge in [-0.05, 0) is 43.6 Å². The summed E-state index contributed by atoms with van der Waals surface area (Å²) >= 11 is 0. The van der Waals surface area contributed by atoms with Crippen LogP contribution in [-0.2, 0) is 0 Å². The van der Waals surface area contributed by atoms with E-state index in [0.29, 0.717) is 29.9 Å². The Bertz CT molecular complexity index is 539. The van der Waals surface area contributed by atoms with Crippen molar-refractivity contribution >= 4 is 5.82 Å². The molecule has 2 aliphatic rings. The number of hydrogen-bond acceptors (Lipinski definition) is 5. The summed E-state index contributed by atoms with van der Waals surface area (Å²) in [7, 11) is 0. The van der Waals surface area contributed by atoms with Gasteiger partial charge in [0.05, 0.1) is 6.61 Å². The van der Waals surface area contributed by atoms with Gasteiger partial charge in [0.25, 0.3) is 0 Å². The standard InChI is InChI=1S/C14H22N4O3/c1-9-6-15-7-11(9)8-21-13-10(2)16-17(12-4-3-5-12)14(13)18(19)20/h9,11-12,15H,3-8H2,1-2H3/t9-,11?/m1/s1. The predicted octanol–water partition coefficient (Wildman–Crippen LogP) is 2.06. The number of nitrogens with zero attached hydrogens (tertiary/aromatic N) is 3. The number of hydrogen-bond donors (Lipinski definition) is 1. The third-order valence-electron chi connectivity index (χ3n) is 4.72. The number of nitro groups is 1. The molecule has 2 atom stereocenters. The van der Waals surface area contributed by atoms with Crippen LogP contribution in [0.3, 0.4) is 0 Å². The topological polar surface area (TPSA) is 82.2 Å². The highest BCUT2D eigenvalue weighted by molar-refractivity contribution is 5.44. The fourth-order valence-corrected chi connectivity index (χ4v) is 3.02. The molecule has 0 amide bonds. The Morgan fingerprint density at radius 1 is 1.48 bits per heavy atom. The van der Waals surface area contributed by atoms with Crippen molar-refractivity contribution in [2.45, 2.75) is 39.2 Å². The van der Waals surface area contributed by atoms with Crippen LogP contribution in [0.1, 0.15) is 37.9 Å². The lowest BCUT2D eigenvalue weighted by molar-refractivity contribution is -0.394. The summed E-state index contributed by atoms with van der Waals surface area (Å²) in [5.74, 6) is 1.31. The van der Waals surface area contributed by atoms with Crippen molar-refractivity contribution in [3.63, 3.8) is 0 Å². The van der Waals surface area contributed by atoms with Crippen molar-refractivity contribution in [1.82, 2.24) is 15.1 Å². The van der Waals surface area contributed by atoms with Crippen LogP contribution in [0.5, 0.6) is 5.75 Å². The maximum atomic E-state index is 11.4. The van der Waals surface area contributed by atoms with Gasteiger partial charge in [0.2, 0.25) is 5.75 Å². The first-order valence-electron chi connectivity index (χ1n) is 7.65. The first-order valence-corrected chi connectivity index (χ1v) is 7.65. The average molecular weight is 294 g/mol. The molecular weight excluding hydrogens is 272 g/mol. The minimum absolute atomic E-state index is 0.0239. The Kier molecular flexibility index (Phi) is 3.84. The van der Waals surface area contributed by atoms with Gasteiger partial charge in [-0.3, -0.25) is 0 Å². The normalized spacial score (nSPS) is 25.8. The molecule has 1 saturated heterocycles. The van der Waals surface area contributed by atoms with Gasteiger partial charge >= 0.3 is 5.82 Å². The molecule has 3 rings (SSSR count). The van der Waals surface area contributed by atoms with Crippen LogP contribution in [0, 0.1) is 28.9 Å². The molecule has 7 nitrogen and oxygen atoms in total. The van der Waals surface area contributed by atoms with E-state index >= 15 is 0 Å². The molecule has 0 bridgehead atoms. The van der Waals surface area contributed by atoms with Crippen LogP contribution in [-0.4, -0.2) is 34.4 Å². The molecule has 0 spiro atoms. The molecule has 1 unspecified atom stereocenters. The summed E-state index contributed by atoms with van der Waals surface area (Å²) < 4.78 is 7.38. The largest absolute Gasteiger partial charge is 0.484 e. The van der Waals surface area contributed by atoms with Gasteiger partial charge in [-0.15, -0.1) is 4.68 Å². The van der Waals surface area contributed by atoms with Crippen molar-refractivity contribution in [2.75, 3.05) is 19.7 Å². The van der Waals surface area contributed by atoms with Gasteiger partial charge in [0.1, 0.15) is 11.7 Å². The van der Waals surface area contributed by atoms with E-state index in [2.05, 4.69) is 17.3 Å². The van der Waals surface area contributed by atoms with Crippen molar-refractivity contribution < 1.29 is 9.66 Å². The van der Waals surface area contributed by atoms with E-state index in [1.807, 2.05) is 0 Å². The van der Waals surface area contributed by atoms with Gasteiger partial charge < -0.3 is 20.2 Å². The monoisotopic (exact) mass is 294 g/mol. The molecule has 1 saturated carbocycles. The van der Waals surface area contributed by atoms with E-state index in [9.17, 15) is 10.1 Å². The van der Waals surface area contributed by atoms with Gasteiger partial charge in [0.15, 0.2) is 0 Å². The Hall–Kier alpha value is -1.63. The van der Waals surface area contributed by atoms with E-state index in [0.717, 1.165) is 32.4 Å².